The summed E-state index contributed by atoms with van der Waals surface area (Å²) in [6.07, 6.45) is 0.358. The normalized spacial score (nSPS) is 10.0. The first-order chi connectivity index (χ1) is 11.9. The summed E-state index contributed by atoms with van der Waals surface area (Å²) < 4.78 is 0. The van der Waals surface area contributed by atoms with Crippen LogP contribution in [0.4, 0.5) is 16.2 Å². The van der Waals surface area contributed by atoms with Crippen molar-refractivity contribution in [3.05, 3.63) is 59.1 Å². The Bertz CT molecular complexity index is 775. The third-order valence-corrected chi connectivity index (χ3v) is 3.52. The molecule has 0 saturated heterocycles. The van der Waals surface area contributed by atoms with E-state index in [1.165, 1.54) is 12.1 Å². The average molecular weight is 361 g/mol. The number of hydrogen-bond acceptors (Lipinski definition) is 3. The molecule has 4 N–H and O–H groups in total. The molecule has 2 rings (SSSR count). The van der Waals surface area contributed by atoms with Crippen LogP contribution < -0.4 is 21.5 Å². The molecule has 0 unspecified atom stereocenters. The summed E-state index contributed by atoms with van der Waals surface area (Å²) in [6.45, 7) is 1.74. The molecule has 0 bridgehead atoms. The number of nitrogens with zero attached hydrogens (tertiary/aromatic N) is 1. The average Bonchev–Trinajstić information content (AvgIpc) is 2.60. The monoisotopic (exact) mass is 360 g/mol. The molecule has 0 aliphatic carbocycles. The van der Waals surface area contributed by atoms with E-state index in [1.54, 1.807) is 43.3 Å². The minimum absolute atomic E-state index is 0.125. The first-order valence-corrected chi connectivity index (χ1v) is 7.84. The standard InChI is InChI=1S/C17H17ClN4O3/c1-2-15(23)20-13-7-3-11(4-8-13)16(24)21-22(17(19)25)14-9-5-12(18)6-10-14/h3-10H,2H2,1H3,(H2,19,25)(H,20,23)(H,21,24). The van der Waals surface area contributed by atoms with Crippen LogP contribution in [0.1, 0.15) is 23.7 Å². The van der Waals surface area contributed by atoms with E-state index in [1.807, 2.05) is 0 Å². The number of nitrogens with two attached hydrogens (primary N) is 1. The maximum Gasteiger partial charge on any atom is 0.338 e. The van der Waals surface area contributed by atoms with Crippen LogP contribution in [0.25, 0.3) is 0 Å². The first kappa shape index (κ1) is 18.3. The van der Waals surface area contributed by atoms with Crippen molar-refractivity contribution in [3.8, 4) is 0 Å². The van der Waals surface area contributed by atoms with Crippen molar-refractivity contribution >= 4 is 40.8 Å². The second-order valence-electron chi connectivity index (χ2n) is 5.07. The van der Waals surface area contributed by atoms with E-state index < -0.39 is 11.9 Å². The molecule has 0 spiro atoms. The fraction of sp³-hybridized carbons (Fsp3) is 0.118. The lowest BCUT2D eigenvalue weighted by molar-refractivity contribution is -0.115. The zero-order valence-electron chi connectivity index (χ0n) is 13.5. The van der Waals surface area contributed by atoms with E-state index in [4.69, 9.17) is 17.3 Å². The first-order valence-electron chi connectivity index (χ1n) is 7.46. The topological polar surface area (TPSA) is 105 Å². The van der Waals surface area contributed by atoms with Gasteiger partial charge in [-0.15, -0.1) is 0 Å². The summed E-state index contributed by atoms with van der Waals surface area (Å²) in [4.78, 5) is 35.3. The molecule has 0 aliphatic heterocycles. The SMILES string of the molecule is CCC(=O)Nc1ccc(C(=O)NN(C(N)=O)c2ccc(Cl)cc2)cc1. The Hall–Kier alpha value is -3.06. The summed E-state index contributed by atoms with van der Waals surface area (Å²) in [5, 5.41) is 4.09. The third-order valence-electron chi connectivity index (χ3n) is 3.27. The number of carbonyl (C=O) groups is 3. The number of halogens is 1. The molecule has 0 fully saturated rings. The number of hydrazine groups is 1. The van der Waals surface area contributed by atoms with Crippen LogP contribution in [0, 0.1) is 0 Å². The number of hydrogen-bond donors (Lipinski definition) is 3. The van der Waals surface area contributed by atoms with E-state index in [-0.39, 0.29) is 5.91 Å². The number of carbonyl (C=O) groups excluding carboxylic acids is 3. The molecule has 0 aliphatic rings. The summed E-state index contributed by atoms with van der Waals surface area (Å²) in [7, 11) is 0. The predicted molar refractivity (Wildman–Crippen MR) is 96.3 cm³/mol. The molecular weight excluding hydrogens is 344 g/mol. The zero-order valence-corrected chi connectivity index (χ0v) is 14.2. The van der Waals surface area contributed by atoms with Crippen molar-refractivity contribution in [1.29, 1.82) is 0 Å². The van der Waals surface area contributed by atoms with Crippen LogP contribution in [0.2, 0.25) is 5.02 Å². The largest absolute Gasteiger partial charge is 0.350 e. The molecule has 25 heavy (non-hydrogen) atoms. The zero-order chi connectivity index (χ0) is 18.4. The lowest BCUT2D eigenvalue weighted by atomic mass is 10.2. The molecule has 130 valence electrons. The summed E-state index contributed by atoms with van der Waals surface area (Å²) >= 11 is 5.81. The van der Waals surface area contributed by atoms with Gasteiger partial charge in [-0.1, -0.05) is 18.5 Å². The number of nitrogens with one attached hydrogen (secondary N) is 2. The van der Waals surface area contributed by atoms with Crippen molar-refractivity contribution in [3.63, 3.8) is 0 Å². The van der Waals surface area contributed by atoms with Gasteiger partial charge in [0.05, 0.1) is 5.69 Å². The van der Waals surface area contributed by atoms with Gasteiger partial charge in [0, 0.05) is 22.7 Å². The highest BCUT2D eigenvalue weighted by molar-refractivity contribution is 6.30. The molecule has 0 aromatic heterocycles. The second kappa shape index (κ2) is 8.16. The summed E-state index contributed by atoms with van der Waals surface area (Å²) in [5.74, 6) is -0.651. The van der Waals surface area contributed by atoms with Gasteiger partial charge in [-0.05, 0) is 48.5 Å². The Balaban J connectivity index is 2.11. The summed E-state index contributed by atoms with van der Waals surface area (Å²) in [5.41, 5.74) is 9.00. The minimum Gasteiger partial charge on any atom is -0.350 e. The Labute approximate surface area is 149 Å². The number of benzene rings is 2. The van der Waals surface area contributed by atoms with Gasteiger partial charge < -0.3 is 11.1 Å². The Morgan fingerprint density at radius 1 is 1.04 bits per heavy atom. The Kier molecular flexibility index (Phi) is 5.97. The highest BCUT2D eigenvalue weighted by Gasteiger charge is 2.16. The molecule has 2 aromatic carbocycles. The van der Waals surface area contributed by atoms with Gasteiger partial charge >= 0.3 is 6.03 Å². The van der Waals surface area contributed by atoms with Crippen molar-refractivity contribution in [2.24, 2.45) is 5.73 Å². The fourth-order valence-electron chi connectivity index (χ4n) is 1.96. The molecule has 8 heteroatoms. The Morgan fingerprint density at radius 2 is 1.64 bits per heavy atom. The van der Waals surface area contributed by atoms with Crippen LogP contribution in [0.15, 0.2) is 48.5 Å². The van der Waals surface area contributed by atoms with Gasteiger partial charge in [0.1, 0.15) is 0 Å². The van der Waals surface area contributed by atoms with E-state index >= 15 is 0 Å². The third kappa shape index (κ3) is 4.95. The highest BCUT2D eigenvalue weighted by Crippen LogP contribution is 2.17. The Morgan fingerprint density at radius 3 is 2.16 bits per heavy atom. The lowest BCUT2D eigenvalue weighted by Crippen LogP contribution is -2.49. The molecular formula is C17H17ClN4O3. The molecule has 0 radical (unpaired) electrons. The van der Waals surface area contributed by atoms with Gasteiger partial charge in [-0.25, -0.2) is 9.80 Å². The molecule has 0 heterocycles. The van der Waals surface area contributed by atoms with E-state index in [0.717, 1.165) is 5.01 Å². The second-order valence-corrected chi connectivity index (χ2v) is 5.51. The molecule has 2 aromatic rings. The number of primary amides is 1. The number of rotatable bonds is 4. The van der Waals surface area contributed by atoms with E-state index in [0.29, 0.717) is 28.4 Å². The number of amides is 4. The van der Waals surface area contributed by atoms with Crippen LogP contribution in [-0.2, 0) is 4.79 Å². The molecule has 0 saturated carbocycles. The van der Waals surface area contributed by atoms with Gasteiger partial charge in [-0.2, -0.15) is 0 Å². The summed E-state index contributed by atoms with van der Waals surface area (Å²) in [6, 6.07) is 11.7. The fourth-order valence-corrected chi connectivity index (χ4v) is 2.08. The van der Waals surface area contributed by atoms with Crippen molar-refractivity contribution < 1.29 is 14.4 Å². The minimum atomic E-state index is -0.845. The smallest absolute Gasteiger partial charge is 0.338 e. The molecule has 7 nitrogen and oxygen atoms in total. The van der Waals surface area contributed by atoms with Crippen LogP contribution in [0.5, 0.6) is 0 Å². The van der Waals surface area contributed by atoms with E-state index in [9.17, 15) is 14.4 Å². The number of urea groups is 1. The maximum atomic E-state index is 12.3. The quantitative estimate of drug-likeness (QED) is 0.730. The molecule has 0 atom stereocenters. The van der Waals surface area contributed by atoms with Crippen LogP contribution >= 0.6 is 11.6 Å². The van der Waals surface area contributed by atoms with Crippen LogP contribution in [-0.4, -0.2) is 17.8 Å². The number of anilines is 2. The predicted octanol–water partition coefficient (Wildman–Crippen LogP) is 2.92. The lowest BCUT2D eigenvalue weighted by Gasteiger charge is -2.21. The van der Waals surface area contributed by atoms with Gasteiger partial charge in [0.25, 0.3) is 5.91 Å². The van der Waals surface area contributed by atoms with Crippen molar-refractivity contribution in [2.45, 2.75) is 13.3 Å². The highest BCUT2D eigenvalue weighted by atomic mass is 35.5. The van der Waals surface area contributed by atoms with Gasteiger partial charge in [0.2, 0.25) is 5.91 Å². The maximum absolute atomic E-state index is 12.3. The van der Waals surface area contributed by atoms with E-state index in [2.05, 4.69) is 10.7 Å². The van der Waals surface area contributed by atoms with Crippen molar-refractivity contribution in [1.82, 2.24) is 5.43 Å². The van der Waals surface area contributed by atoms with Gasteiger partial charge in [0.15, 0.2) is 0 Å². The van der Waals surface area contributed by atoms with Gasteiger partial charge in [-0.3, -0.25) is 15.0 Å². The molecule has 4 amide bonds. The van der Waals surface area contributed by atoms with Crippen LogP contribution in [0.3, 0.4) is 0 Å². The van der Waals surface area contributed by atoms with Crippen molar-refractivity contribution in [2.75, 3.05) is 10.3 Å².